The number of carbonyl (C=O) groups excluding carboxylic acids is 1. The molecular formula is C12H26N2O2. The minimum atomic E-state index is -0.445. The highest BCUT2D eigenvalue weighted by Gasteiger charge is 2.30. The normalized spacial score (nSPS) is 12.4. The van der Waals surface area contributed by atoms with Gasteiger partial charge in [0.15, 0.2) is 0 Å². The number of ether oxygens (including phenoxy) is 1. The molecule has 0 rings (SSSR count). The predicted octanol–water partition coefficient (Wildman–Crippen LogP) is 2.24. The van der Waals surface area contributed by atoms with E-state index in [-0.39, 0.29) is 11.6 Å². The molecule has 1 N–H and O–H groups in total. The molecule has 96 valence electrons. The monoisotopic (exact) mass is 230 g/mol. The number of rotatable bonds is 4. The molecule has 0 aromatic carbocycles. The molecule has 4 nitrogen and oxygen atoms in total. The van der Waals surface area contributed by atoms with Gasteiger partial charge in [0.25, 0.3) is 0 Å². The Morgan fingerprint density at radius 1 is 1.25 bits per heavy atom. The first-order valence-corrected chi connectivity index (χ1v) is 5.77. The van der Waals surface area contributed by atoms with Crippen molar-refractivity contribution in [2.24, 2.45) is 0 Å². The van der Waals surface area contributed by atoms with Crippen molar-refractivity contribution in [1.82, 2.24) is 10.2 Å². The van der Waals surface area contributed by atoms with Crippen LogP contribution in [0.4, 0.5) is 4.79 Å². The van der Waals surface area contributed by atoms with Crippen LogP contribution in [0.3, 0.4) is 0 Å². The molecule has 0 aliphatic rings. The van der Waals surface area contributed by atoms with Crippen molar-refractivity contribution < 1.29 is 9.53 Å². The largest absolute Gasteiger partial charge is 0.444 e. The van der Waals surface area contributed by atoms with Crippen LogP contribution in [0.15, 0.2) is 0 Å². The highest BCUT2D eigenvalue weighted by atomic mass is 16.6. The number of hydrogen-bond donors (Lipinski definition) is 1. The van der Waals surface area contributed by atoms with Gasteiger partial charge in [-0.1, -0.05) is 6.92 Å². The fourth-order valence-electron chi connectivity index (χ4n) is 1.13. The van der Waals surface area contributed by atoms with E-state index in [9.17, 15) is 4.79 Å². The van der Waals surface area contributed by atoms with Crippen molar-refractivity contribution in [3.63, 3.8) is 0 Å². The summed E-state index contributed by atoms with van der Waals surface area (Å²) < 4.78 is 5.33. The number of nitrogens with one attached hydrogen (secondary N) is 1. The lowest BCUT2D eigenvalue weighted by Crippen LogP contribution is -2.52. The molecule has 0 unspecified atom stereocenters. The maximum atomic E-state index is 11.8. The summed E-state index contributed by atoms with van der Waals surface area (Å²) in [4.78, 5) is 13.5. The summed E-state index contributed by atoms with van der Waals surface area (Å²) in [5.41, 5.74) is -0.696. The second kappa shape index (κ2) is 5.53. The third-order valence-electron chi connectivity index (χ3n) is 2.38. The van der Waals surface area contributed by atoms with E-state index >= 15 is 0 Å². The zero-order chi connectivity index (χ0) is 13.0. The van der Waals surface area contributed by atoms with Gasteiger partial charge >= 0.3 is 6.09 Å². The molecule has 16 heavy (non-hydrogen) atoms. The van der Waals surface area contributed by atoms with E-state index in [4.69, 9.17) is 4.74 Å². The maximum Gasteiger partial charge on any atom is 0.410 e. The molecular weight excluding hydrogens is 204 g/mol. The highest BCUT2D eigenvalue weighted by Crippen LogP contribution is 2.16. The van der Waals surface area contributed by atoms with Crippen LogP contribution in [0.2, 0.25) is 0 Å². The van der Waals surface area contributed by atoms with Crippen LogP contribution < -0.4 is 5.32 Å². The number of hydrogen-bond acceptors (Lipinski definition) is 3. The summed E-state index contributed by atoms with van der Waals surface area (Å²) in [5.74, 6) is 0. The average molecular weight is 230 g/mol. The molecule has 0 aromatic rings. The lowest BCUT2D eigenvalue weighted by molar-refractivity contribution is 0.0113. The molecule has 0 aliphatic carbocycles. The first-order chi connectivity index (χ1) is 7.10. The van der Waals surface area contributed by atoms with Crippen LogP contribution in [0.1, 0.15) is 41.5 Å². The van der Waals surface area contributed by atoms with Crippen molar-refractivity contribution in [2.75, 3.05) is 20.1 Å². The summed E-state index contributed by atoms with van der Waals surface area (Å²) in [6, 6.07) is 0. The van der Waals surface area contributed by atoms with Crippen LogP contribution in [0.5, 0.6) is 0 Å². The topological polar surface area (TPSA) is 41.6 Å². The zero-order valence-corrected chi connectivity index (χ0v) is 11.7. The van der Waals surface area contributed by atoms with E-state index in [1.807, 2.05) is 41.5 Å². The maximum absolute atomic E-state index is 11.8. The van der Waals surface area contributed by atoms with Gasteiger partial charge in [-0.05, 0) is 41.2 Å². The van der Waals surface area contributed by atoms with Crippen LogP contribution in [0.25, 0.3) is 0 Å². The molecule has 0 aliphatic heterocycles. The fourth-order valence-corrected chi connectivity index (χ4v) is 1.13. The molecule has 0 atom stereocenters. The summed E-state index contributed by atoms with van der Waals surface area (Å²) in [7, 11) is 1.77. The smallest absolute Gasteiger partial charge is 0.410 e. The summed E-state index contributed by atoms with van der Waals surface area (Å²) in [5, 5.41) is 3.24. The van der Waals surface area contributed by atoms with Crippen LogP contribution in [-0.4, -0.2) is 42.3 Å². The zero-order valence-electron chi connectivity index (χ0n) is 11.7. The number of amides is 1. The standard InChI is InChI=1S/C12H26N2O2/c1-8-13-9-12(5,6)14(7)10(15)16-11(2,3)4/h13H,8-9H2,1-7H3. The first kappa shape index (κ1) is 15.2. The number of nitrogens with zero attached hydrogens (tertiary/aromatic N) is 1. The molecule has 0 saturated heterocycles. The van der Waals surface area contributed by atoms with E-state index in [2.05, 4.69) is 5.32 Å². The Morgan fingerprint density at radius 3 is 2.12 bits per heavy atom. The van der Waals surface area contributed by atoms with Crippen molar-refractivity contribution in [3.8, 4) is 0 Å². The predicted molar refractivity (Wildman–Crippen MR) is 66.6 cm³/mol. The molecule has 1 amide bonds. The van der Waals surface area contributed by atoms with Gasteiger partial charge in [-0.25, -0.2) is 4.79 Å². The van der Waals surface area contributed by atoms with Gasteiger partial charge in [-0.2, -0.15) is 0 Å². The Bertz CT molecular complexity index is 232. The third kappa shape index (κ3) is 5.35. The minimum absolute atomic E-state index is 0.252. The number of likely N-dealkylation sites (N-methyl/N-ethyl adjacent to an activating group) is 2. The van der Waals surface area contributed by atoms with E-state index in [1.54, 1.807) is 11.9 Å². The lowest BCUT2D eigenvalue weighted by Gasteiger charge is -2.36. The molecule has 0 saturated carbocycles. The number of carbonyl (C=O) groups is 1. The highest BCUT2D eigenvalue weighted by molar-refractivity contribution is 5.68. The molecule has 0 radical (unpaired) electrons. The first-order valence-electron chi connectivity index (χ1n) is 5.77. The summed E-state index contributed by atoms with van der Waals surface area (Å²) >= 11 is 0. The third-order valence-corrected chi connectivity index (χ3v) is 2.38. The molecule has 0 aromatic heterocycles. The van der Waals surface area contributed by atoms with Gasteiger partial charge in [0.2, 0.25) is 0 Å². The second-order valence-corrected chi connectivity index (χ2v) is 5.63. The van der Waals surface area contributed by atoms with Gasteiger partial charge in [0, 0.05) is 13.6 Å². The van der Waals surface area contributed by atoms with Crippen molar-refractivity contribution in [1.29, 1.82) is 0 Å². The van der Waals surface area contributed by atoms with Gasteiger partial charge in [0.1, 0.15) is 5.60 Å². The Kier molecular flexibility index (Phi) is 5.26. The minimum Gasteiger partial charge on any atom is -0.444 e. The van der Waals surface area contributed by atoms with E-state index in [0.717, 1.165) is 13.1 Å². The van der Waals surface area contributed by atoms with E-state index in [0.29, 0.717) is 0 Å². The van der Waals surface area contributed by atoms with Crippen molar-refractivity contribution in [3.05, 3.63) is 0 Å². The van der Waals surface area contributed by atoms with E-state index in [1.165, 1.54) is 0 Å². The van der Waals surface area contributed by atoms with Gasteiger partial charge in [-0.3, -0.25) is 0 Å². The Morgan fingerprint density at radius 2 is 1.75 bits per heavy atom. The second-order valence-electron chi connectivity index (χ2n) is 5.63. The lowest BCUT2D eigenvalue weighted by atomic mass is 10.0. The van der Waals surface area contributed by atoms with Gasteiger partial charge < -0.3 is 15.0 Å². The van der Waals surface area contributed by atoms with E-state index < -0.39 is 5.60 Å². The summed E-state index contributed by atoms with van der Waals surface area (Å²) in [6.45, 7) is 13.3. The van der Waals surface area contributed by atoms with Crippen molar-refractivity contribution >= 4 is 6.09 Å². The quantitative estimate of drug-likeness (QED) is 0.805. The molecule has 0 bridgehead atoms. The summed E-state index contributed by atoms with van der Waals surface area (Å²) in [6.07, 6.45) is -0.282. The van der Waals surface area contributed by atoms with Crippen LogP contribution in [0, 0.1) is 0 Å². The van der Waals surface area contributed by atoms with Crippen molar-refractivity contribution in [2.45, 2.75) is 52.7 Å². The fraction of sp³-hybridized carbons (Fsp3) is 0.917. The molecule has 0 fully saturated rings. The SMILES string of the molecule is CCNCC(C)(C)N(C)C(=O)OC(C)(C)C. The Labute approximate surface area is 99.3 Å². The van der Waals surface area contributed by atoms with Gasteiger partial charge in [0.05, 0.1) is 5.54 Å². The molecule has 4 heteroatoms. The molecule has 0 spiro atoms. The Balaban J connectivity index is 4.41. The van der Waals surface area contributed by atoms with Crippen LogP contribution in [-0.2, 0) is 4.74 Å². The molecule has 0 heterocycles. The van der Waals surface area contributed by atoms with Crippen LogP contribution >= 0.6 is 0 Å². The Hall–Kier alpha value is -0.770. The van der Waals surface area contributed by atoms with Gasteiger partial charge in [-0.15, -0.1) is 0 Å². The average Bonchev–Trinajstić information content (AvgIpc) is 2.10.